The van der Waals surface area contributed by atoms with E-state index < -0.39 is 14.9 Å². The zero-order valence-corrected chi connectivity index (χ0v) is 14.9. The van der Waals surface area contributed by atoms with Crippen molar-refractivity contribution in [2.75, 3.05) is 18.0 Å². The number of hydrogen-bond donors (Lipinski definition) is 1. The van der Waals surface area contributed by atoms with E-state index in [0.29, 0.717) is 11.6 Å². The number of rotatable bonds is 6. The minimum atomic E-state index is -3.88. The van der Waals surface area contributed by atoms with E-state index in [-0.39, 0.29) is 17.1 Å². The Kier molecular flexibility index (Phi) is 5.43. The van der Waals surface area contributed by atoms with Gasteiger partial charge >= 0.3 is 0 Å². The summed E-state index contributed by atoms with van der Waals surface area (Å²) >= 11 is 0. The van der Waals surface area contributed by atoms with Crippen LogP contribution in [0.4, 0.5) is 11.6 Å². The highest BCUT2D eigenvalue weighted by atomic mass is 32.2. The topological polar surface area (TPSA) is 118 Å². The Bertz CT molecular complexity index is 897. The van der Waals surface area contributed by atoms with Gasteiger partial charge in [0.25, 0.3) is 5.69 Å². The van der Waals surface area contributed by atoms with Gasteiger partial charge in [-0.2, -0.15) is 0 Å². The fourth-order valence-electron chi connectivity index (χ4n) is 2.75. The molecule has 0 saturated carbocycles. The molecule has 1 N–H and O–H groups in total. The summed E-state index contributed by atoms with van der Waals surface area (Å²) < 4.78 is 27.2. The molecule has 1 fully saturated rings. The van der Waals surface area contributed by atoms with Crippen molar-refractivity contribution in [2.24, 2.45) is 0 Å². The maximum Gasteiger partial charge on any atom is 0.270 e. The first-order chi connectivity index (χ1) is 12.5. The van der Waals surface area contributed by atoms with Crippen LogP contribution in [0.15, 0.2) is 41.4 Å². The van der Waals surface area contributed by atoms with Crippen molar-refractivity contribution in [1.82, 2.24) is 14.7 Å². The second-order valence-corrected chi connectivity index (χ2v) is 7.74. The zero-order valence-electron chi connectivity index (χ0n) is 14.0. The average molecular weight is 377 g/mol. The number of non-ortho nitro benzene ring substituents is 1. The highest BCUT2D eigenvalue weighted by Crippen LogP contribution is 2.18. The molecule has 2 aromatic rings. The van der Waals surface area contributed by atoms with Crippen molar-refractivity contribution in [1.29, 1.82) is 0 Å². The normalized spacial score (nSPS) is 15.0. The van der Waals surface area contributed by atoms with Crippen LogP contribution in [0.5, 0.6) is 0 Å². The lowest BCUT2D eigenvalue weighted by molar-refractivity contribution is -0.385. The van der Waals surface area contributed by atoms with Gasteiger partial charge < -0.3 is 4.90 Å². The molecule has 10 heteroatoms. The van der Waals surface area contributed by atoms with Crippen molar-refractivity contribution in [2.45, 2.75) is 30.7 Å². The van der Waals surface area contributed by atoms with Gasteiger partial charge in [-0.15, -0.1) is 0 Å². The molecule has 1 saturated heterocycles. The third-order valence-electron chi connectivity index (χ3n) is 4.12. The monoisotopic (exact) mass is 377 g/mol. The van der Waals surface area contributed by atoms with Gasteiger partial charge in [0.1, 0.15) is 0 Å². The van der Waals surface area contributed by atoms with Crippen LogP contribution in [0.3, 0.4) is 0 Å². The summed E-state index contributed by atoms with van der Waals surface area (Å²) in [7, 11) is -3.88. The Morgan fingerprint density at radius 3 is 2.69 bits per heavy atom. The van der Waals surface area contributed by atoms with Crippen molar-refractivity contribution < 1.29 is 13.3 Å². The van der Waals surface area contributed by atoms with Crippen LogP contribution in [-0.4, -0.2) is 36.4 Å². The van der Waals surface area contributed by atoms with E-state index in [9.17, 15) is 18.5 Å². The molecule has 0 aliphatic carbocycles. The van der Waals surface area contributed by atoms with Crippen LogP contribution in [0.1, 0.15) is 25.0 Å². The van der Waals surface area contributed by atoms with Gasteiger partial charge in [-0.3, -0.25) is 10.1 Å². The second-order valence-electron chi connectivity index (χ2n) is 5.97. The summed E-state index contributed by atoms with van der Waals surface area (Å²) in [4.78, 5) is 20.8. The highest BCUT2D eigenvalue weighted by molar-refractivity contribution is 7.89. The number of aromatic nitrogens is 2. The lowest BCUT2D eigenvalue weighted by atomic mass is 10.1. The van der Waals surface area contributed by atoms with Crippen molar-refractivity contribution in [3.05, 3.63) is 52.3 Å². The molecule has 0 radical (unpaired) electrons. The first kappa shape index (κ1) is 18.2. The Morgan fingerprint density at radius 1 is 1.19 bits per heavy atom. The SMILES string of the molecule is O=[N+]([O-])c1cccc(S(=O)(=O)NCc2ccnc(N3CCCCC3)n2)c1. The molecule has 1 aromatic carbocycles. The molecule has 0 bridgehead atoms. The number of sulfonamides is 1. The fraction of sp³-hybridized carbons (Fsp3) is 0.375. The molecule has 138 valence electrons. The molecule has 26 heavy (non-hydrogen) atoms. The van der Waals surface area contributed by atoms with Crippen LogP contribution in [0.25, 0.3) is 0 Å². The molecular formula is C16H19N5O4S. The smallest absolute Gasteiger partial charge is 0.270 e. The quantitative estimate of drug-likeness (QED) is 0.603. The molecule has 2 heterocycles. The third-order valence-corrected chi connectivity index (χ3v) is 5.52. The molecule has 3 rings (SSSR count). The predicted molar refractivity (Wildman–Crippen MR) is 95.2 cm³/mol. The Balaban J connectivity index is 1.71. The number of anilines is 1. The summed E-state index contributed by atoms with van der Waals surface area (Å²) in [5, 5.41) is 10.8. The molecule has 1 aliphatic rings. The van der Waals surface area contributed by atoms with Gasteiger partial charge in [-0.05, 0) is 31.4 Å². The Labute approximate surface area is 151 Å². The molecule has 0 spiro atoms. The second kappa shape index (κ2) is 7.75. The average Bonchev–Trinajstić information content (AvgIpc) is 2.67. The van der Waals surface area contributed by atoms with Gasteiger partial charge in [-0.1, -0.05) is 6.07 Å². The van der Waals surface area contributed by atoms with Gasteiger partial charge in [0.2, 0.25) is 16.0 Å². The zero-order chi connectivity index (χ0) is 18.6. The van der Waals surface area contributed by atoms with E-state index in [1.807, 2.05) is 0 Å². The number of nitro benzene ring substituents is 1. The van der Waals surface area contributed by atoms with Gasteiger partial charge in [-0.25, -0.2) is 23.1 Å². The number of nitro groups is 1. The molecule has 9 nitrogen and oxygen atoms in total. The molecule has 1 aliphatic heterocycles. The van der Waals surface area contributed by atoms with E-state index in [2.05, 4.69) is 19.6 Å². The van der Waals surface area contributed by atoms with E-state index in [1.54, 1.807) is 12.3 Å². The highest BCUT2D eigenvalue weighted by Gasteiger charge is 2.18. The summed E-state index contributed by atoms with van der Waals surface area (Å²) in [5.74, 6) is 0.594. The Morgan fingerprint density at radius 2 is 1.96 bits per heavy atom. The van der Waals surface area contributed by atoms with Gasteiger partial charge in [0.05, 0.1) is 22.1 Å². The number of piperidine rings is 1. The largest absolute Gasteiger partial charge is 0.341 e. The minimum Gasteiger partial charge on any atom is -0.341 e. The fourth-order valence-corrected chi connectivity index (χ4v) is 3.78. The lowest BCUT2D eigenvalue weighted by Gasteiger charge is -2.26. The van der Waals surface area contributed by atoms with Crippen molar-refractivity contribution in [3.8, 4) is 0 Å². The van der Waals surface area contributed by atoms with Crippen LogP contribution in [-0.2, 0) is 16.6 Å². The molecule has 0 unspecified atom stereocenters. The van der Waals surface area contributed by atoms with Crippen LogP contribution in [0, 0.1) is 10.1 Å². The first-order valence-corrected chi connectivity index (χ1v) is 9.75. The maximum atomic E-state index is 12.4. The third kappa shape index (κ3) is 4.33. The summed E-state index contributed by atoms with van der Waals surface area (Å²) in [6.45, 7) is 1.76. The van der Waals surface area contributed by atoms with E-state index in [1.165, 1.54) is 24.6 Å². The van der Waals surface area contributed by atoms with Gasteiger partial charge in [0, 0.05) is 31.4 Å². The van der Waals surface area contributed by atoms with Gasteiger partial charge in [0.15, 0.2) is 0 Å². The molecule has 0 atom stereocenters. The summed E-state index contributed by atoms with van der Waals surface area (Å²) in [6, 6.07) is 6.57. The molecule has 1 aromatic heterocycles. The van der Waals surface area contributed by atoms with Crippen LogP contribution >= 0.6 is 0 Å². The first-order valence-electron chi connectivity index (χ1n) is 8.27. The molecular weight excluding hydrogens is 358 g/mol. The van der Waals surface area contributed by atoms with E-state index >= 15 is 0 Å². The maximum absolute atomic E-state index is 12.4. The number of benzene rings is 1. The number of nitrogens with one attached hydrogen (secondary N) is 1. The van der Waals surface area contributed by atoms with Crippen molar-refractivity contribution >= 4 is 21.7 Å². The van der Waals surface area contributed by atoms with Crippen LogP contribution in [0.2, 0.25) is 0 Å². The van der Waals surface area contributed by atoms with E-state index in [0.717, 1.165) is 32.0 Å². The predicted octanol–water partition coefficient (Wildman–Crippen LogP) is 1.85. The molecule has 0 amide bonds. The van der Waals surface area contributed by atoms with Crippen LogP contribution < -0.4 is 9.62 Å². The van der Waals surface area contributed by atoms with Crippen molar-refractivity contribution in [3.63, 3.8) is 0 Å². The summed E-state index contributed by atoms with van der Waals surface area (Å²) in [5.41, 5.74) is 0.261. The minimum absolute atomic E-state index is 0.0195. The lowest BCUT2D eigenvalue weighted by Crippen LogP contribution is -2.31. The Hall–Kier alpha value is -2.59. The number of hydrogen-bond acceptors (Lipinski definition) is 7. The standard InChI is InChI=1S/C16H19N5O4S/c22-21(23)14-5-4-6-15(11-14)26(24,25)18-12-13-7-8-17-16(19-13)20-9-2-1-3-10-20/h4-8,11,18H,1-3,9-10,12H2. The summed E-state index contributed by atoms with van der Waals surface area (Å²) in [6.07, 6.45) is 4.98. The van der Waals surface area contributed by atoms with E-state index in [4.69, 9.17) is 0 Å². The number of nitrogens with zero attached hydrogens (tertiary/aromatic N) is 4.